The summed E-state index contributed by atoms with van der Waals surface area (Å²) in [6, 6.07) is 5.65. The van der Waals surface area contributed by atoms with Gasteiger partial charge in [-0.1, -0.05) is 6.07 Å². The van der Waals surface area contributed by atoms with Gasteiger partial charge < -0.3 is 24.8 Å². The minimum atomic E-state index is -0.540. The highest BCUT2D eigenvalue weighted by molar-refractivity contribution is 5.43. The van der Waals surface area contributed by atoms with Gasteiger partial charge in [0, 0.05) is 19.6 Å². The van der Waals surface area contributed by atoms with E-state index in [1.165, 1.54) is 0 Å². The number of hydrogen-bond donors (Lipinski definition) is 2. The van der Waals surface area contributed by atoms with E-state index in [1.807, 2.05) is 25.2 Å². The Morgan fingerprint density at radius 1 is 1.33 bits per heavy atom. The van der Waals surface area contributed by atoms with Crippen molar-refractivity contribution in [1.29, 1.82) is 0 Å². The van der Waals surface area contributed by atoms with Gasteiger partial charge in [0.15, 0.2) is 11.5 Å². The molecule has 1 aliphatic heterocycles. The maximum atomic E-state index is 10.0. The molecule has 1 aromatic carbocycles. The van der Waals surface area contributed by atoms with Crippen LogP contribution in [-0.4, -0.2) is 56.9 Å². The second-order valence-electron chi connectivity index (χ2n) is 5.60. The first-order chi connectivity index (χ1) is 10.1. The van der Waals surface area contributed by atoms with Crippen molar-refractivity contribution in [1.82, 2.24) is 10.2 Å². The summed E-state index contributed by atoms with van der Waals surface area (Å²) in [7, 11) is 5.58. The summed E-state index contributed by atoms with van der Waals surface area (Å²) in [6.07, 6.45) is 1.76. The van der Waals surface area contributed by atoms with Crippen LogP contribution in [0.5, 0.6) is 11.5 Å². The number of hydrogen-bond acceptors (Lipinski definition) is 5. The summed E-state index contributed by atoms with van der Waals surface area (Å²) in [5.74, 6) is 1.44. The summed E-state index contributed by atoms with van der Waals surface area (Å²) in [6.45, 7) is 2.64. The van der Waals surface area contributed by atoms with E-state index in [-0.39, 0.29) is 6.10 Å². The molecular weight excluding hydrogens is 268 g/mol. The number of benzene rings is 1. The predicted octanol–water partition coefficient (Wildman–Crippen LogP) is 1.42. The van der Waals surface area contributed by atoms with Crippen LogP contribution in [-0.2, 0) is 0 Å². The summed E-state index contributed by atoms with van der Waals surface area (Å²) in [4.78, 5) is 2.31. The molecule has 0 aromatic heterocycles. The van der Waals surface area contributed by atoms with Gasteiger partial charge in [-0.15, -0.1) is 0 Å². The van der Waals surface area contributed by atoms with Gasteiger partial charge in [0.25, 0.3) is 0 Å². The third kappa shape index (κ3) is 4.33. The highest BCUT2D eigenvalue weighted by Gasteiger charge is 2.20. The number of likely N-dealkylation sites (N-methyl/N-ethyl adjacent to an activating group) is 1. The summed E-state index contributed by atoms with van der Waals surface area (Å²) in [5, 5.41) is 13.0. The molecule has 21 heavy (non-hydrogen) atoms. The third-order valence-electron chi connectivity index (χ3n) is 3.93. The lowest BCUT2D eigenvalue weighted by Crippen LogP contribution is -2.35. The number of rotatable bonds is 6. The number of likely N-dealkylation sites (tertiary alicyclic amines) is 1. The Morgan fingerprint density at radius 3 is 2.67 bits per heavy atom. The van der Waals surface area contributed by atoms with Gasteiger partial charge >= 0.3 is 0 Å². The fourth-order valence-corrected chi connectivity index (χ4v) is 2.58. The van der Waals surface area contributed by atoms with E-state index in [2.05, 4.69) is 17.3 Å². The van der Waals surface area contributed by atoms with Crippen molar-refractivity contribution in [2.24, 2.45) is 0 Å². The molecule has 1 aromatic rings. The molecule has 1 saturated heterocycles. The Balaban J connectivity index is 2.05. The lowest BCUT2D eigenvalue weighted by Gasteiger charge is -2.29. The van der Waals surface area contributed by atoms with E-state index in [0.717, 1.165) is 37.2 Å². The molecule has 1 atom stereocenters. The van der Waals surface area contributed by atoms with Crippen molar-refractivity contribution in [2.75, 3.05) is 40.8 Å². The van der Waals surface area contributed by atoms with Crippen LogP contribution in [0.1, 0.15) is 24.5 Å². The van der Waals surface area contributed by atoms with Crippen LogP contribution in [0, 0.1) is 0 Å². The maximum Gasteiger partial charge on any atom is 0.161 e. The first-order valence-corrected chi connectivity index (χ1v) is 7.50. The molecule has 0 spiro atoms. The standard InChI is InChI=1S/C16H26N2O3/c1-17-11-14(19)12-4-5-15(16(10-12)20-3)21-13-6-8-18(2)9-7-13/h4-5,10,13-14,17,19H,6-9,11H2,1-3H3. The molecule has 1 fully saturated rings. The predicted molar refractivity (Wildman–Crippen MR) is 83.0 cm³/mol. The van der Waals surface area contributed by atoms with Crippen LogP contribution in [0.25, 0.3) is 0 Å². The quantitative estimate of drug-likeness (QED) is 0.831. The van der Waals surface area contributed by atoms with Gasteiger partial charge in [0.1, 0.15) is 6.10 Å². The highest BCUT2D eigenvalue weighted by Crippen LogP contribution is 2.32. The monoisotopic (exact) mass is 294 g/mol. The molecule has 0 bridgehead atoms. The molecular formula is C16H26N2O3. The number of methoxy groups -OCH3 is 1. The largest absolute Gasteiger partial charge is 0.493 e. The van der Waals surface area contributed by atoms with Crippen molar-refractivity contribution in [2.45, 2.75) is 25.0 Å². The number of nitrogens with zero attached hydrogens (tertiary/aromatic N) is 1. The number of piperidine rings is 1. The molecule has 0 aliphatic carbocycles. The molecule has 2 N–H and O–H groups in total. The third-order valence-corrected chi connectivity index (χ3v) is 3.93. The van der Waals surface area contributed by atoms with E-state index in [1.54, 1.807) is 7.11 Å². The Kier molecular flexibility index (Phi) is 5.85. The number of ether oxygens (including phenoxy) is 2. The average molecular weight is 294 g/mol. The minimum absolute atomic E-state index is 0.239. The fourth-order valence-electron chi connectivity index (χ4n) is 2.58. The topological polar surface area (TPSA) is 54.0 Å². The van der Waals surface area contributed by atoms with Crippen LogP contribution in [0.15, 0.2) is 18.2 Å². The maximum absolute atomic E-state index is 10.0. The number of aliphatic hydroxyl groups excluding tert-OH is 1. The van der Waals surface area contributed by atoms with E-state index >= 15 is 0 Å². The summed E-state index contributed by atoms with van der Waals surface area (Å²) >= 11 is 0. The van der Waals surface area contributed by atoms with Crippen molar-refractivity contribution in [3.8, 4) is 11.5 Å². The molecule has 5 heteroatoms. The lowest BCUT2D eigenvalue weighted by molar-refractivity contribution is 0.111. The van der Waals surface area contributed by atoms with Crippen LogP contribution < -0.4 is 14.8 Å². The fraction of sp³-hybridized carbons (Fsp3) is 0.625. The van der Waals surface area contributed by atoms with E-state index in [4.69, 9.17) is 9.47 Å². The van der Waals surface area contributed by atoms with Crippen LogP contribution >= 0.6 is 0 Å². The van der Waals surface area contributed by atoms with Crippen molar-refractivity contribution in [3.63, 3.8) is 0 Å². The Bertz CT molecular complexity index is 445. The van der Waals surface area contributed by atoms with E-state index in [0.29, 0.717) is 12.3 Å². The van der Waals surface area contributed by atoms with Crippen LogP contribution in [0.3, 0.4) is 0 Å². The Morgan fingerprint density at radius 2 is 2.05 bits per heavy atom. The molecule has 1 aliphatic rings. The van der Waals surface area contributed by atoms with Crippen molar-refractivity contribution in [3.05, 3.63) is 23.8 Å². The number of nitrogens with one attached hydrogen (secondary N) is 1. The highest BCUT2D eigenvalue weighted by atomic mass is 16.5. The van der Waals surface area contributed by atoms with Gasteiger partial charge in [-0.2, -0.15) is 0 Å². The SMILES string of the molecule is CNCC(O)c1ccc(OC2CCN(C)CC2)c(OC)c1. The number of aliphatic hydroxyl groups is 1. The zero-order valence-electron chi connectivity index (χ0n) is 13.1. The zero-order valence-corrected chi connectivity index (χ0v) is 13.1. The molecule has 0 saturated carbocycles. The summed E-state index contributed by atoms with van der Waals surface area (Å²) < 4.78 is 11.5. The first kappa shape index (κ1) is 16.1. The smallest absolute Gasteiger partial charge is 0.161 e. The molecule has 1 heterocycles. The minimum Gasteiger partial charge on any atom is -0.493 e. The first-order valence-electron chi connectivity index (χ1n) is 7.50. The normalized spacial score (nSPS) is 18.5. The van der Waals surface area contributed by atoms with E-state index < -0.39 is 6.10 Å². The van der Waals surface area contributed by atoms with Crippen molar-refractivity contribution < 1.29 is 14.6 Å². The molecule has 1 unspecified atom stereocenters. The Hall–Kier alpha value is -1.30. The van der Waals surface area contributed by atoms with Gasteiger partial charge in [0.05, 0.1) is 13.2 Å². The average Bonchev–Trinajstić information content (AvgIpc) is 2.50. The molecule has 2 rings (SSSR count). The molecule has 118 valence electrons. The van der Waals surface area contributed by atoms with E-state index in [9.17, 15) is 5.11 Å². The van der Waals surface area contributed by atoms with Gasteiger partial charge in [0.2, 0.25) is 0 Å². The Labute approximate surface area is 126 Å². The van der Waals surface area contributed by atoms with Gasteiger partial charge in [-0.25, -0.2) is 0 Å². The lowest BCUT2D eigenvalue weighted by atomic mass is 10.1. The van der Waals surface area contributed by atoms with Crippen LogP contribution in [0.2, 0.25) is 0 Å². The zero-order chi connectivity index (χ0) is 15.2. The molecule has 5 nitrogen and oxygen atoms in total. The second kappa shape index (κ2) is 7.64. The summed E-state index contributed by atoms with van der Waals surface area (Å²) in [5.41, 5.74) is 0.830. The van der Waals surface area contributed by atoms with Gasteiger partial charge in [-0.05, 0) is 44.6 Å². The second-order valence-corrected chi connectivity index (χ2v) is 5.60. The van der Waals surface area contributed by atoms with Crippen LogP contribution in [0.4, 0.5) is 0 Å². The van der Waals surface area contributed by atoms with Crippen molar-refractivity contribution >= 4 is 0 Å². The molecule has 0 amide bonds. The van der Waals surface area contributed by atoms with Gasteiger partial charge in [-0.3, -0.25) is 0 Å². The molecule has 0 radical (unpaired) electrons.